The molecule has 1 atom stereocenters. The Hall–Kier alpha value is -1.76. The Morgan fingerprint density at radius 1 is 1.40 bits per heavy atom. The molecule has 104 valence electrons. The lowest BCUT2D eigenvalue weighted by molar-refractivity contribution is -0.117. The van der Waals surface area contributed by atoms with E-state index in [9.17, 15) is 4.79 Å². The zero-order chi connectivity index (χ0) is 14.1. The first-order valence-corrected chi connectivity index (χ1v) is 7.10. The normalized spacial score (nSPS) is 14.1. The van der Waals surface area contributed by atoms with Crippen LogP contribution in [0, 0.1) is 0 Å². The molecular formula is C13H11ClN2O3S. The van der Waals surface area contributed by atoms with Gasteiger partial charge < -0.3 is 20.5 Å². The van der Waals surface area contributed by atoms with Gasteiger partial charge in [-0.1, -0.05) is 17.7 Å². The Morgan fingerprint density at radius 3 is 2.85 bits per heavy atom. The molecule has 1 aliphatic rings. The van der Waals surface area contributed by atoms with Crippen molar-refractivity contribution in [3.05, 3.63) is 39.5 Å². The minimum absolute atomic E-state index is 0.151. The van der Waals surface area contributed by atoms with Gasteiger partial charge in [0.1, 0.15) is 6.04 Å². The van der Waals surface area contributed by atoms with Gasteiger partial charge in [0, 0.05) is 17.0 Å². The molecule has 3 rings (SSSR count). The maximum absolute atomic E-state index is 12.1. The van der Waals surface area contributed by atoms with Crippen LogP contribution < -0.4 is 20.5 Å². The smallest absolute Gasteiger partial charge is 0.246 e. The van der Waals surface area contributed by atoms with Crippen LogP contribution in [0.15, 0.2) is 29.6 Å². The van der Waals surface area contributed by atoms with E-state index < -0.39 is 6.04 Å². The van der Waals surface area contributed by atoms with E-state index in [1.165, 1.54) is 11.3 Å². The summed E-state index contributed by atoms with van der Waals surface area (Å²) in [6, 6.07) is 6.17. The molecule has 1 aromatic heterocycles. The zero-order valence-electron chi connectivity index (χ0n) is 10.3. The summed E-state index contributed by atoms with van der Waals surface area (Å²) in [5.41, 5.74) is 6.34. The van der Waals surface area contributed by atoms with E-state index in [4.69, 9.17) is 26.8 Å². The average molecular weight is 311 g/mol. The molecule has 0 saturated carbocycles. The highest BCUT2D eigenvalue weighted by Crippen LogP contribution is 2.39. The number of anilines is 1. The maximum atomic E-state index is 12.1. The highest BCUT2D eigenvalue weighted by molar-refractivity contribution is 7.10. The molecule has 3 N–H and O–H groups in total. The van der Waals surface area contributed by atoms with E-state index in [-0.39, 0.29) is 12.7 Å². The van der Waals surface area contributed by atoms with E-state index >= 15 is 0 Å². The summed E-state index contributed by atoms with van der Waals surface area (Å²) in [5.74, 6) is 0.790. The van der Waals surface area contributed by atoms with Gasteiger partial charge in [-0.2, -0.15) is 0 Å². The van der Waals surface area contributed by atoms with Crippen LogP contribution in [0.5, 0.6) is 11.5 Å². The van der Waals surface area contributed by atoms with Crippen LogP contribution in [-0.2, 0) is 4.79 Å². The Morgan fingerprint density at radius 2 is 2.15 bits per heavy atom. The molecule has 0 fully saturated rings. The van der Waals surface area contributed by atoms with Crippen LogP contribution in [0.2, 0.25) is 5.02 Å². The number of amides is 1. The third-order valence-electron chi connectivity index (χ3n) is 2.85. The SMILES string of the molecule is NC(C(=O)Nc1cc2c(cc1Cl)OCO2)c1cccs1. The summed E-state index contributed by atoms with van der Waals surface area (Å²) in [6.45, 7) is 0.151. The number of fused-ring (bicyclic) bond motifs is 1. The van der Waals surface area contributed by atoms with Crippen molar-refractivity contribution in [1.29, 1.82) is 0 Å². The van der Waals surface area contributed by atoms with Gasteiger partial charge >= 0.3 is 0 Å². The first-order chi connectivity index (χ1) is 9.65. The van der Waals surface area contributed by atoms with Gasteiger partial charge in [-0.05, 0) is 11.4 Å². The number of halogens is 1. The molecule has 1 unspecified atom stereocenters. The van der Waals surface area contributed by atoms with Crippen LogP contribution in [0.1, 0.15) is 10.9 Å². The van der Waals surface area contributed by atoms with Crippen molar-refractivity contribution in [2.24, 2.45) is 5.73 Å². The number of thiophene rings is 1. The second kappa shape index (κ2) is 5.32. The van der Waals surface area contributed by atoms with Gasteiger partial charge in [0.05, 0.1) is 10.7 Å². The van der Waals surface area contributed by atoms with E-state index in [1.807, 2.05) is 17.5 Å². The first-order valence-electron chi connectivity index (χ1n) is 5.84. The monoisotopic (exact) mass is 310 g/mol. The number of ether oxygens (including phenoxy) is 2. The van der Waals surface area contributed by atoms with E-state index in [2.05, 4.69) is 5.32 Å². The van der Waals surface area contributed by atoms with Gasteiger partial charge in [0.2, 0.25) is 12.7 Å². The molecule has 0 saturated heterocycles. The van der Waals surface area contributed by atoms with Crippen LogP contribution in [0.3, 0.4) is 0 Å². The molecule has 20 heavy (non-hydrogen) atoms. The van der Waals surface area contributed by atoms with Crippen molar-refractivity contribution >= 4 is 34.5 Å². The summed E-state index contributed by atoms with van der Waals surface area (Å²) >= 11 is 7.52. The van der Waals surface area contributed by atoms with Gasteiger partial charge in [-0.25, -0.2) is 0 Å². The van der Waals surface area contributed by atoms with Gasteiger partial charge in [0.25, 0.3) is 0 Å². The molecule has 0 aliphatic carbocycles. The molecule has 1 amide bonds. The predicted molar refractivity (Wildman–Crippen MR) is 77.5 cm³/mol. The quantitative estimate of drug-likeness (QED) is 0.914. The number of hydrogen-bond donors (Lipinski definition) is 2. The maximum Gasteiger partial charge on any atom is 0.246 e. The topological polar surface area (TPSA) is 73.6 Å². The second-order valence-electron chi connectivity index (χ2n) is 4.17. The number of nitrogens with one attached hydrogen (secondary N) is 1. The standard InChI is InChI=1S/C13H11ClN2O3S/c14-7-4-9-10(19-6-18-9)5-8(7)16-13(17)12(15)11-2-1-3-20-11/h1-5,12H,6,15H2,(H,16,17). The zero-order valence-corrected chi connectivity index (χ0v) is 11.8. The fraction of sp³-hybridized carbons (Fsp3) is 0.154. The summed E-state index contributed by atoms with van der Waals surface area (Å²) in [5, 5.41) is 4.95. The Kier molecular flexibility index (Phi) is 3.52. The number of rotatable bonds is 3. The van der Waals surface area contributed by atoms with Gasteiger partial charge in [-0.3, -0.25) is 4.79 Å². The van der Waals surface area contributed by atoms with E-state index in [1.54, 1.807) is 12.1 Å². The van der Waals surface area contributed by atoms with E-state index in [0.717, 1.165) is 4.88 Å². The molecule has 0 radical (unpaired) electrons. The van der Waals surface area contributed by atoms with Crippen LogP contribution in [0.4, 0.5) is 5.69 Å². The number of benzene rings is 1. The fourth-order valence-corrected chi connectivity index (χ4v) is 2.75. The first kappa shape index (κ1) is 13.2. The van der Waals surface area contributed by atoms with Gasteiger partial charge in [-0.15, -0.1) is 11.3 Å². The summed E-state index contributed by atoms with van der Waals surface area (Å²) in [4.78, 5) is 12.9. The highest BCUT2D eigenvalue weighted by atomic mass is 35.5. The summed E-state index contributed by atoms with van der Waals surface area (Å²) < 4.78 is 10.5. The minimum atomic E-state index is -0.725. The Labute approximate surface area is 124 Å². The van der Waals surface area contributed by atoms with Gasteiger partial charge in [0.15, 0.2) is 11.5 Å². The number of hydrogen-bond acceptors (Lipinski definition) is 5. The van der Waals surface area contributed by atoms with Crippen molar-refractivity contribution in [3.63, 3.8) is 0 Å². The Bertz CT molecular complexity index is 645. The average Bonchev–Trinajstić information content (AvgIpc) is 3.08. The fourth-order valence-electron chi connectivity index (χ4n) is 1.82. The van der Waals surface area contributed by atoms with Crippen molar-refractivity contribution in [2.45, 2.75) is 6.04 Å². The molecule has 0 spiro atoms. The van der Waals surface area contributed by atoms with Crippen LogP contribution in [-0.4, -0.2) is 12.7 Å². The molecule has 2 heterocycles. The number of carbonyl (C=O) groups excluding carboxylic acids is 1. The molecule has 2 aromatic rings. The predicted octanol–water partition coefficient (Wildman–Crippen LogP) is 2.77. The molecule has 1 aliphatic heterocycles. The van der Waals surface area contributed by atoms with Crippen molar-refractivity contribution < 1.29 is 14.3 Å². The third-order valence-corrected chi connectivity index (χ3v) is 4.12. The minimum Gasteiger partial charge on any atom is -0.454 e. The molecule has 0 bridgehead atoms. The van der Waals surface area contributed by atoms with E-state index in [0.29, 0.717) is 22.2 Å². The van der Waals surface area contributed by atoms with Crippen LogP contribution >= 0.6 is 22.9 Å². The summed E-state index contributed by atoms with van der Waals surface area (Å²) in [7, 11) is 0. The number of nitrogens with two attached hydrogens (primary N) is 1. The molecule has 1 aromatic carbocycles. The van der Waals surface area contributed by atoms with Crippen molar-refractivity contribution in [1.82, 2.24) is 0 Å². The summed E-state index contributed by atoms with van der Waals surface area (Å²) in [6.07, 6.45) is 0. The molecule has 7 heteroatoms. The molecule has 5 nitrogen and oxygen atoms in total. The van der Waals surface area contributed by atoms with Crippen molar-refractivity contribution in [3.8, 4) is 11.5 Å². The third kappa shape index (κ3) is 2.45. The Balaban J connectivity index is 1.79. The second-order valence-corrected chi connectivity index (χ2v) is 5.55. The van der Waals surface area contributed by atoms with Crippen LogP contribution in [0.25, 0.3) is 0 Å². The number of carbonyl (C=O) groups is 1. The largest absolute Gasteiger partial charge is 0.454 e. The lowest BCUT2D eigenvalue weighted by atomic mass is 10.2. The molecular weight excluding hydrogens is 300 g/mol. The van der Waals surface area contributed by atoms with Crippen molar-refractivity contribution in [2.75, 3.05) is 12.1 Å². The lowest BCUT2D eigenvalue weighted by Crippen LogP contribution is -2.27. The lowest BCUT2D eigenvalue weighted by Gasteiger charge is -2.12. The highest BCUT2D eigenvalue weighted by Gasteiger charge is 2.21.